The van der Waals surface area contributed by atoms with Gasteiger partial charge in [-0.25, -0.2) is 0 Å². The zero-order valence-corrected chi connectivity index (χ0v) is 11.6. The Bertz CT molecular complexity index is 383. The molecule has 0 radical (unpaired) electrons. The standard InChI is InChI=1S/C15H23N3O/c16-12-15(6-2-1-3-7-15)14(19)18-10-8-17(9-11-18)13-4-5-13/h13H,1-11H2. The van der Waals surface area contributed by atoms with E-state index in [0.717, 1.165) is 57.9 Å². The Morgan fingerprint density at radius 1 is 1.05 bits per heavy atom. The Morgan fingerprint density at radius 3 is 2.21 bits per heavy atom. The quantitative estimate of drug-likeness (QED) is 0.761. The fourth-order valence-electron chi connectivity index (χ4n) is 3.56. The zero-order valence-electron chi connectivity index (χ0n) is 11.6. The number of amides is 1. The van der Waals surface area contributed by atoms with E-state index in [1.165, 1.54) is 19.3 Å². The molecule has 1 heterocycles. The first-order valence-corrected chi connectivity index (χ1v) is 7.70. The van der Waals surface area contributed by atoms with Crippen molar-refractivity contribution in [1.82, 2.24) is 9.80 Å². The molecule has 0 aromatic carbocycles. The summed E-state index contributed by atoms with van der Waals surface area (Å²) in [6.07, 6.45) is 7.43. The number of nitriles is 1. The highest BCUT2D eigenvalue weighted by molar-refractivity contribution is 5.85. The molecular weight excluding hydrogens is 238 g/mol. The summed E-state index contributed by atoms with van der Waals surface area (Å²) in [5, 5.41) is 9.48. The molecule has 3 rings (SSSR count). The van der Waals surface area contributed by atoms with Gasteiger partial charge in [0.1, 0.15) is 5.41 Å². The van der Waals surface area contributed by atoms with Crippen molar-refractivity contribution < 1.29 is 4.79 Å². The van der Waals surface area contributed by atoms with Crippen molar-refractivity contribution in [3.8, 4) is 6.07 Å². The third-order valence-electron chi connectivity index (χ3n) is 5.00. The van der Waals surface area contributed by atoms with Gasteiger partial charge in [-0.15, -0.1) is 0 Å². The fourth-order valence-corrected chi connectivity index (χ4v) is 3.56. The molecule has 0 bridgehead atoms. The monoisotopic (exact) mass is 261 g/mol. The van der Waals surface area contributed by atoms with Crippen LogP contribution in [0.3, 0.4) is 0 Å². The molecule has 1 aliphatic heterocycles. The molecule has 0 aromatic heterocycles. The Labute approximate surface area is 115 Å². The normalized spacial score (nSPS) is 27.8. The Kier molecular flexibility index (Phi) is 3.49. The molecule has 0 N–H and O–H groups in total. The minimum absolute atomic E-state index is 0.116. The number of hydrogen-bond donors (Lipinski definition) is 0. The average Bonchev–Trinajstić information content (AvgIpc) is 3.32. The smallest absolute Gasteiger partial charge is 0.243 e. The van der Waals surface area contributed by atoms with E-state index >= 15 is 0 Å². The first kappa shape index (κ1) is 12.9. The summed E-state index contributed by atoms with van der Waals surface area (Å²) in [6, 6.07) is 3.14. The second-order valence-corrected chi connectivity index (χ2v) is 6.31. The van der Waals surface area contributed by atoms with Crippen molar-refractivity contribution in [2.24, 2.45) is 5.41 Å². The van der Waals surface area contributed by atoms with Gasteiger partial charge < -0.3 is 4.90 Å². The highest BCUT2D eigenvalue weighted by Gasteiger charge is 2.43. The lowest BCUT2D eigenvalue weighted by atomic mass is 9.74. The lowest BCUT2D eigenvalue weighted by Gasteiger charge is -2.39. The third-order valence-corrected chi connectivity index (χ3v) is 5.00. The largest absolute Gasteiger partial charge is 0.339 e. The third kappa shape index (κ3) is 2.49. The van der Waals surface area contributed by atoms with Gasteiger partial charge in [0.2, 0.25) is 5.91 Å². The van der Waals surface area contributed by atoms with Gasteiger partial charge in [0.05, 0.1) is 6.07 Å². The molecule has 19 heavy (non-hydrogen) atoms. The van der Waals surface area contributed by atoms with Gasteiger partial charge in [-0.05, 0) is 25.7 Å². The highest BCUT2D eigenvalue weighted by Crippen LogP contribution is 2.38. The van der Waals surface area contributed by atoms with Gasteiger partial charge in [0, 0.05) is 32.2 Å². The molecule has 2 saturated carbocycles. The van der Waals surface area contributed by atoms with Crippen LogP contribution >= 0.6 is 0 Å². The summed E-state index contributed by atoms with van der Waals surface area (Å²) in [7, 11) is 0. The van der Waals surface area contributed by atoms with Crippen LogP contribution in [0.25, 0.3) is 0 Å². The number of piperazine rings is 1. The zero-order chi connectivity index (χ0) is 13.3. The van der Waals surface area contributed by atoms with Crippen LogP contribution in [-0.2, 0) is 4.79 Å². The molecule has 0 spiro atoms. The lowest BCUT2D eigenvalue weighted by molar-refractivity contribution is -0.142. The van der Waals surface area contributed by atoms with E-state index in [1.54, 1.807) is 0 Å². The van der Waals surface area contributed by atoms with Gasteiger partial charge in [-0.1, -0.05) is 19.3 Å². The van der Waals surface area contributed by atoms with Crippen LogP contribution in [0.2, 0.25) is 0 Å². The topological polar surface area (TPSA) is 47.3 Å². The summed E-state index contributed by atoms with van der Waals surface area (Å²) in [6.45, 7) is 3.63. The number of carbonyl (C=O) groups is 1. The van der Waals surface area contributed by atoms with E-state index in [2.05, 4.69) is 11.0 Å². The van der Waals surface area contributed by atoms with Crippen LogP contribution in [-0.4, -0.2) is 47.9 Å². The molecule has 1 saturated heterocycles. The highest BCUT2D eigenvalue weighted by atomic mass is 16.2. The predicted octanol–water partition coefficient (Wildman–Crippen LogP) is 1.77. The minimum atomic E-state index is -0.694. The van der Waals surface area contributed by atoms with Crippen molar-refractivity contribution in [1.29, 1.82) is 5.26 Å². The van der Waals surface area contributed by atoms with Crippen LogP contribution in [0.5, 0.6) is 0 Å². The van der Waals surface area contributed by atoms with Crippen molar-refractivity contribution >= 4 is 5.91 Å². The summed E-state index contributed by atoms with van der Waals surface area (Å²) in [5.41, 5.74) is -0.694. The number of nitrogens with zero attached hydrogens (tertiary/aromatic N) is 3. The number of carbonyl (C=O) groups excluding carboxylic acids is 1. The van der Waals surface area contributed by atoms with Crippen LogP contribution in [0.1, 0.15) is 44.9 Å². The van der Waals surface area contributed by atoms with Crippen LogP contribution in [0.4, 0.5) is 0 Å². The van der Waals surface area contributed by atoms with Gasteiger partial charge in [0.15, 0.2) is 0 Å². The van der Waals surface area contributed by atoms with E-state index < -0.39 is 5.41 Å². The maximum atomic E-state index is 12.7. The number of hydrogen-bond acceptors (Lipinski definition) is 3. The summed E-state index contributed by atoms with van der Waals surface area (Å²) in [4.78, 5) is 17.1. The molecule has 104 valence electrons. The average molecular weight is 261 g/mol. The Balaban J connectivity index is 1.61. The van der Waals surface area contributed by atoms with Gasteiger partial charge in [-0.3, -0.25) is 9.69 Å². The Hall–Kier alpha value is -1.08. The second kappa shape index (κ2) is 5.13. The van der Waals surface area contributed by atoms with Gasteiger partial charge in [-0.2, -0.15) is 5.26 Å². The molecule has 0 unspecified atom stereocenters. The van der Waals surface area contributed by atoms with Gasteiger partial charge >= 0.3 is 0 Å². The van der Waals surface area contributed by atoms with E-state index in [1.807, 2.05) is 4.90 Å². The summed E-state index contributed by atoms with van der Waals surface area (Å²) >= 11 is 0. The first-order chi connectivity index (χ1) is 9.25. The first-order valence-electron chi connectivity index (χ1n) is 7.70. The maximum absolute atomic E-state index is 12.7. The summed E-state index contributed by atoms with van der Waals surface area (Å²) < 4.78 is 0. The van der Waals surface area contributed by atoms with E-state index in [0.29, 0.717) is 0 Å². The predicted molar refractivity (Wildman–Crippen MR) is 72.3 cm³/mol. The lowest BCUT2D eigenvalue weighted by Crippen LogP contribution is -2.53. The molecule has 2 aliphatic carbocycles. The molecule has 0 atom stereocenters. The molecular formula is C15H23N3O. The molecule has 4 nitrogen and oxygen atoms in total. The number of rotatable bonds is 2. The van der Waals surface area contributed by atoms with Crippen molar-refractivity contribution in [2.75, 3.05) is 26.2 Å². The van der Waals surface area contributed by atoms with Crippen molar-refractivity contribution in [2.45, 2.75) is 51.0 Å². The molecule has 4 heteroatoms. The van der Waals surface area contributed by atoms with Crippen molar-refractivity contribution in [3.63, 3.8) is 0 Å². The molecule has 1 amide bonds. The maximum Gasteiger partial charge on any atom is 0.243 e. The fraction of sp³-hybridized carbons (Fsp3) is 0.867. The van der Waals surface area contributed by atoms with Gasteiger partial charge in [0.25, 0.3) is 0 Å². The van der Waals surface area contributed by atoms with Crippen LogP contribution in [0.15, 0.2) is 0 Å². The molecule has 0 aromatic rings. The van der Waals surface area contributed by atoms with E-state index in [-0.39, 0.29) is 5.91 Å². The van der Waals surface area contributed by atoms with E-state index in [9.17, 15) is 10.1 Å². The molecule has 3 aliphatic rings. The second-order valence-electron chi connectivity index (χ2n) is 6.31. The summed E-state index contributed by atoms with van der Waals surface area (Å²) in [5.74, 6) is 0.116. The molecule has 3 fully saturated rings. The van der Waals surface area contributed by atoms with Crippen molar-refractivity contribution in [3.05, 3.63) is 0 Å². The van der Waals surface area contributed by atoms with Crippen LogP contribution in [0, 0.1) is 16.7 Å². The van der Waals surface area contributed by atoms with Crippen LogP contribution < -0.4 is 0 Å². The Morgan fingerprint density at radius 2 is 1.68 bits per heavy atom. The SMILES string of the molecule is N#CC1(C(=O)N2CCN(C3CC3)CC2)CCCCC1. The van der Waals surface area contributed by atoms with E-state index in [4.69, 9.17) is 0 Å². The minimum Gasteiger partial charge on any atom is -0.339 e.